The van der Waals surface area contributed by atoms with Crippen LogP contribution in [-0.4, -0.2) is 60.4 Å². The number of hydrogen-bond donors (Lipinski definition) is 1. The van der Waals surface area contributed by atoms with Crippen molar-refractivity contribution in [1.82, 2.24) is 14.8 Å². The van der Waals surface area contributed by atoms with Gasteiger partial charge in [0.15, 0.2) is 27.1 Å². The minimum absolute atomic E-state index is 0.0396. The molecule has 180 valence electrons. The Morgan fingerprint density at radius 1 is 1.18 bits per heavy atom. The number of nitrogens with zero attached hydrogens (tertiary/aromatic N) is 2. The number of nitrogens with one attached hydrogen (secondary N) is 1. The van der Waals surface area contributed by atoms with Crippen molar-refractivity contribution in [3.63, 3.8) is 0 Å². The molecule has 2 saturated heterocycles. The summed E-state index contributed by atoms with van der Waals surface area (Å²) in [5.74, 6) is 0.272. The number of ether oxygens (including phenoxy) is 2. The monoisotopic (exact) mass is 487 g/mol. The van der Waals surface area contributed by atoms with Gasteiger partial charge >= 0.3 is 6.03 Å². The van der Waals surface area contributed by atoms with E-state index in [-0.39, 0.29) is 24.3 Å². The van der Waals surface area contributed by atoms with Gasteiger partial charge in [0.2, 0.25) is 6.79 Å². The largest absolute Gasteiger partial charge is 0.454 e. The quantitative estimate of drug-likeness (QED) is 0.504. The molecule has 1 aromatic heterocycles. The topological polar surface area (TPSA) is 124 Å². The summed E-state index contributed by atoms with van der Waals surface area (Å²) in [4.78, 5) is 40.1. The Morgan fingerprint density at radius 3 is 2.62 bits per heavy atom. The molecule has 3 aliphatic rings. The van der Waals surface area contributed by atoms with Crippen LogP contribution < -0.4 is 14.8 Å². The minimum Gasteiger partial charge on any atom is -0.454 e. The van der Waals surface area contributed by atoms with Crippen LogP contribution in [0.4, 0.5) is 4.79 Å². The van der Waals surface area contributed by atoms with Crippen LogP contribution in [0.3, 0.4) is 0 Å². The number of amides is 3. The van der Waals surface area contributed by atoms with E-state index in [1.807, 2.05) is 11.5 Å². The number of fused-ring (bicyclic) bond motifs is 1. The number of sulfone groups is 1. The van der Waals surface area contributed by atoms with Crippen molar-refractivity contribution in [3.05, 3.63) is 46.8 Å². The SMILES string of the molecule is Cc1cc(C(=O)CN2C(=O)N[C@](C)(c3ccc4c(c3)OCO4)C2=O)c(C)n1[C@H]1CCS(=O)(=O)C1. The molecular formula is C23H25N3O7S. The van der Waals surface area contributed by atoms with Gasteiger partial charge < -0.3 is 19.4 Å². The second-order valence-corrected chi connectivity index (χ2v) is 11.4. The highest BCUT2D eigenvalue weighted by Gasteiger charge is 2.50. The first-order valence-corrected chi connectivity index (χ1v) is 12.8. The van der Waals surface area contributed by atoms with Crippen molar-refractivity contribution in [3.8, 4) is 11.5 Å². The normalized spacial score (nSPS) is 25.1. The molecule has 0 bridgehead atoms. The summed E-state index contributed by atoms with van der Waals surface area (Å²) in [6.45, 7) is 4.83. The maximum absolute atomic E-state index is 13.3. The van der Waals surface area contributed by atoms with Gasteiger partial charge in [-0.2, -0.15) is 0 Å². The average Bonchev–Trinajstić information content (AvgIpc) is 3.50. The van der Waals surface area contributed by atoms with Gasteiger partial charge in [0, 0.05) is 23.0 Å². The van der Waals surface area contributed by atoms with Gasteiger partial charge in [0.05, 0.1) is 18.1 Å². The fourth-order valence-corrected chi connectivity index (χ4v) is 6.77. The number of carbonyl (C=O) groups excluding carboxylic acids is 3. The average molecular weight is 488 g/mol. The molecule has 4 heterocycles. The summed E-state index contributed by atoms with van der Waals surface area (Å²) in [6.07, 6.45) is 0.493. The Balaban J connectivity index is 1.38. The molecule has 0 radical (unpaired) electrons. The minimum atomic E-state index is -3.09. The second kappa shape index (κ2) is 7.59. The Morgan fingerprint density at radius 2 is 1.91 bits per heavy atom. The fraction of sp³-hybridized carbons (Fsp3) is 0.435. The maximum Gasteiger partial charge on any atom is 0.325 e. The number of carbonyl (C=O) groups is 3. The summed E-state index contributed by atoms with van der Waals surface area (Å²) in [6, 6.07) is 5.81. The molecule has 2 atom stereocenters. The molecule has 1 aromatic carbocycles. The number of urea groups is 1. The summed E-state index contributed by atoms with van der Waals surface area (Å²) < 4.78 is 36.4. The van der Waals surface area contributed by atoms with Crippen LogP contribution in [0.15, 0.2) is 24.3 Å². The van der Waals surface area contributed by atoms with Gasteiger partial charge in [-0.25, -0.2) is 13.2 Å². The van der Waals surface area contributed by atoms with Crippen molar-refractivity contribution < 1.29 is 32.3 Å². The molecule has 0 spiro atoms. The smallest absolute Gasteiger partial charge is 0.325 e. The van der Waals surface area contributed by atoms with Gasteiger partial charge in [-0.3, -0.25) is 14.5 Å². The number of aromatic nitrogens is 1. The lowest BCUT2D eigenvalue weighted by Crippen LogP contribution is -2.41. The van der Waals surface area contributed by atoms with Crippen LogP contribution in [0.25, 0.3) is 0 Å². The zero-order valence-electron chi connectivity index (χ0n) is 19.1. The highest BCUT2D eigenvalue weighted by molar-refractivity contribution is 7.91. The predicted molar refractivity (Wildman–Crippen MR) is 121 cm³/mol. The Bertz CT molecular complexity index is 1350. The van der Waals surface area contributed by atoms with Gasteiger partial charge in [0.1, 0.15) is 5.54 Å². The third-order valence-electron chi connectivity index (χ3n) is 6.88. The van der Waals surface area contributed by atoms with Crippen LogP contribution in [0.1, 0.15) is 46.7 Å². The van der Waals surface area contributed by atoms with Crippen molar-refractivity contribution in [2.24, 2.45) is 0 Å². The summed E-state index contributed by atoms with van der Waals surface area (Å²) in [7, 11) is -3.09. The second-order valence-electron chi connectivity index (χ2n) is 9.15. The highest BCUT2D eigenvalue weighted by atomic mass is 32.2. The molecular weight excluding hydrogens is 462 g/mol. The van der Waals surface area contributed by atoms with Gasteiger partial charge in [0.25, 0.3) is 5.91 Å². The highest BCUT2D eigenvalue weighted by Crippen LogP contribution is 2.38. The van der Waals surface area contributed by atoms with Crippen LogP contribution in [-0.2, 0) is 20.2 Å². The van der Waals surface area contributed by atoms with E-state index in [1.165, 1.54) is 0 Å². The molecule has 3 aliphatic heterocycles. The van der Waals surface area contributed by atoms with E-state index in [4.69, 9.17) is 9.47 Å². The molecule has 3 amide bonds. The molecule has 0 saturated carbocycles. The number of rotatable bonds is 5. The van der Waals surface area contributed by atoms with Crippen LogP contribution >= 0.6 is 0 Å². The number of benzene rings is 1. The molecule has 2 fully saturated rings. The fourth-order valence-electron chi connectivity index (χ4n) is 5.07. The van der Waals surface area contributed by atoms with Crippen LogP contribution in [0.5, 0.6) is 11.5 Å². The lowest BCUT2D eigenvalue weighted by Gasteiger charge is -2.22. The first-order chi connectivity index (χ1) is 16.0. The van der Waals surface area contributed by atoms with E-state index in [0.717, 1.165) is 10.6 Å². The van der Waals surface area contributed by atoms with Crippen LogP contribution in [0, 0.1) is 13.8 Å². The summed E-state index contributed by atoms with van der Waals surface area (Å²) >= 11 is 0. The van der Waals surface area contributed by atoms with Crippen LogP contribution in [0.2, 0.25) is 0 Å². The van der Waals surface area contributed by atoms with Gasteiger partial charge in [-0.05, 0) is 51.0 Å². The van der Waals surface area contributed by atoms with E-state index in [1.54, 1.807) is 38.1 Å². The molecule has 0 aliphatic carbocycles. The molecule has 10 nitrogen and oxygen atoms in total. The lowest BCUT2D eigenvalue weighted by atomic mass is 9.91. The molecule has 5 rings (SSSR count). The molecule has 34 heavy (non-hydrogen) atoms. The van der Waals surface area contributed by atoms with Gasteiger partial charge in [-0.1, -0.05) is 6.07 Å². The van der Waals surface area contributed by atoms with Crippen molar-refractivity contribution in [2.75, 3.05) is 24.8 Å². The summed E-state index contributed by atoms with van der Waals surface area (Å²) in [5, 5.41) is 2.70. The molecule has 0 unspecified atom stereocenters. The van der Waals surface area contributed by atoms with Gasteiger partial charge in [-0.15, -0.1) is 0 Å². The standard InChI is InChI=1S/C23H25N3O7S/c1-13-8-17(14(2)26(13)16-6-7-34(30,31)11-16)18(27)10-25-21(28)23(3,24-22(25)29)15-4-5-19-20(9-15)33-12-32-19/h4-5,8-9,16H,6-7,10-12H2,1-3H3,(H,24,29)/t16-,23+/m0/s1. The number of ketones is 1. The number of imide groups is 1. The van der Waals surface area contributed by atoms with E-state index in [2.05, 4.69) is 5.32 Å². The molecule has 1 N–H and O–H groups in total. The van der Waals surface area contributed by atoms with Crippen molar-refractivity contribution in [2.45, 2.75) is 38.8 Å². The molecule has 11 heteroatoms. The maximum atomic E-state index is 13.3. The summed E-state index contributed by atoms with van der Waals surface area (Å²) in [5.41, 5.74) is 0.943. The Labute approximate surface area is 196 Å². The Kier molecular flexibility index (Phi) is 5.01. The third kappa shape index (κ3) is 3.46. The first-order valence-electron chi connectivity index (χ1n) is 11.0. The van der Waals surface area contributed by atoms with Crippen molar-refractivity contribution in [1.29, 1.82) is 0 Å². The third-order valence-corrected chi connectivity index (χ3v) is 8.64. The number of Topliss-reactive ketones (excluding diaryl/α,β-unsaturated/α-hetero) is 1. The predicted octanol–water partition coefficient (Wildman–Crippen LogP) is 1.84. The number of aryl methyl sites for hydroxylation is 1. The van der Waals surface area contributed by atoms with E-state index in [0.29, 0.717) is 34.7 Å². The zero-order chi connectivity index (χ0) is 24.4. The Hall–Kier alpha value is -3.34. The zero-order valence-corrected chi connectivity index (χ0v) is 19.9. The molecule has 2 aromatic rings. The van der Waals surface area contributed by atoms with Crippen molar-refractivity contribution >= 4 is 27.6 Å². The van der Waals surface area contributed by atoms with E-state index in [9.17, 15) is 22.8 Å². The lowest BCUT2D eigenvalue weighted by molar-refractivity contribution is -0.130. The number of hydrogen-bond acceptors (Lipinski definition) is 7. The van der Waals surface area contributed by atoms with E-state index < -0.39 is 39.6 Å². The van der Waals surface area contributed by atoms with E-state index >= 15 is 0 Å². The first kappa shape index (κ1) is 22.5.